The first kappa shape index (κ1) is 32.5. The van der Waals surface area contributed by atoms with E-state index in [1.807, 2.05) is 11.0 Å². The molecule has 0 saturated carbocycles. The Morgan fingerprint density at radius 2 is 1.48 bits per heavy atom. The van der Waals surface area contributed by atoms with Crippen LogP contribution in [0, 0.1) is 11.8 Å². The van der Waals surface area contributed by atoms with Crippen LogP contribution < -0.4 is 10.4 Å². The second-order valence-electron chi connectivity index (χ2n) is 10.9. The number of hydrogen-bond acceptors (Lipinski definition) is 6. The molecular weight excluding hydrogens is 530 g/mol. The second-order valence-corrected chi connectivity index (χ2v) is 10.9. The number of unbranched alkanes of at least 4 members (excludes halogenated alkanes) is 2. The van der Waals surface area contributed by atoms with Gasteiger partial charge in [0.1, 0.15) is 0 Å². The largest absolute Gasteiger partial charge is 0.478 e. The number of amides is 2. The highest BCUT2D eigenvalue weighted by molar-refractivity contribution is 6.84. The zero-order valence-electron chi connectivity index (χ0n) is 25.4. The summed E-state index contributed by atoms with van der Waals surface area (Å²) in [7, 11) is 0. The maximum absolute atomic E-state index is 14.3. The standard InChI is InChI=1S/C33H45N5O4/c1-5-9-16-24(7-3)22-37(23-25(8-4)17-10-6-2)31(39)30-29(32(40)38(36-30)26-18-12-11-13-19-26)35-34-28-21-15-14-20-27(28)33(41)42/h11-15,18-21,24-25,34H,5-10,16-17,22-23H2,1-4H3,(H,41,42)/b35-29-. The first-order chi connectivity index (χ1) is 20.3. The molecule has 0 bridgehead atoms. The van der Waals surface area contributed by atoms with Gasteiger partial charge in [-0.2, -0.15) is 15.2 Å². The number of carbonyl (C=O) groups is 3. The maximum atomic E-state index is 14.3. The lowest BCUT2D eigenvalue weighted by Gasteiger charge is -2.30. The summed E-state index contributed by atoms with van der Waals surface area (Å²) in [5, 5.41) is 19.6. The Balaban J connectivity index is 2.03. The zero-order chi connectivity index (χ0) is 30.5. The number of aromatic carboxylic acids is 1. The maximum Gasteiger partial charge on any atom is 0.337 e. The fraction of sp³-hybridized carbons (Fsp3) is 0.485. The third-order valence-electron chi connectivity index (χ3n) is 7.80. The molecule has 0 aliphatic carbocycles. The van der Waals surface area contributed by atoms with E-state index < -0.39 is 11.9 Å². The number of hydrazone groups is 2. The number of rotatable bonds is 17. The van der Waals surface area contributed by atoms with E-state index in [4.69, 9.17) is 0 Å². The van der Waals surface area contributed by atoms with Crippen LogP contribution >= 0.6 is 0 Å². The van der Waals surface area contributed by atoms with Gasteiger partial charge in [0, 0.05) is 13.1 Å². The molecule has 0 spiro atoms. The molecule has 0 fully saturated rings. The van der Waals surface area contributed by atoms with Crippen LogP contribution in [0.4, 0.5) is 11.4 Å². The first-order valence-corrected chi connectivity index (χ1v) is 15.3. The summed E-state index contributed by atoms with van der Waals surface area (Å²) in [6.45, 7) is 9.81. The number of carboxylic acids is 1. The Morgan fingerprint density at radius 1 is 0.905 bits per heavy atom. The van der Waals surface area contributed by atoms with Crippen molar-refractivity contribution in [1.82, 2.24) is 4.90 Å². The van der Waals surface area contributed by atoms with E-state index >= 15 is 0 Å². The summed E-state index contributed by atoms with van der Waals surface area (Å²) < 4.78 is 0. The van der Waals surface area contributed by atoms with Crippen molar-refractivity contribution in [2.45, 2.75) is 79.1 Å². The molecule has 9 heteroatoms. The first-order valence-electron chi connectivity index (χ1n) is 15.3. The normalized spacial score (nSPS) is 15.4. The monoisotopic (exact) mass is 575 g/mol. The third kappa shape index (κ3) is 8.50. The number of nitrogens with one attached hydrogen (secondary N) is 1. The van der Waals surface area contributed by atoms with Crippen molar-refractivity contribution in [2.24, 2.45) is 22.0 Å². The fourth-order valence-corrected chi connectivity index (χ4v) is 5.11. The minimum atomic E-state index is -1.13. The summed E-state index contributed by atoms with van der Waals surface area (Å²) >= 11 is 0. The Labute approximate surface area is 249 Å². The van der Waals surface area contributed by atoms with Gasteiger partial charge in [0.15, 0.2) is 11.4 Å². The van der Waals surface area contributed by atoms with Crippen LogP contribution in [0.3, 0.4) is 0 Å². The number of hydrogen-bond donors (Lipinski definition) is 2. The average Bonchev–Trinajstić information content (AvgIpc) is 3.34. The fourth-order valence-electron chi connectivity index (χ4n) is 5.11. The zero-order valence-corrected chi connectivity index (χ0v) is 25.4. The number of para-hydroxylation sites is 2. The van der Waals surface area contributed by atoms with Crippen molar-refractivity contribution in [3.05, 3.63) is 60.2 Å². The van der Waals surface area contributed by atoms with E-state index in [9.17, 15) is 19.5 Å². The summed E-state index contributed by atoms with van der Waals surface area (Å²) in [6.07, 6.45) is 8.31. The Kier molecular flexibility index (Phi) is 12.7. The second kappa shape index (κ2) is 16.4. The highest BCUT2D eigenvalue weighted by Gasteiger charge is 2.40. The van der Waals surface area contributed by atoms with Crippen molar-refractivity contribution in [3.63, 3.8) is 0 Å². The van der Waals surface area contributed by atoms with Gasteiger partial charge in [-0.1, -0.05) is 96.6 Å². The average molecular weight is 576 g/mol. The number of carboxylic acid groups (broad SMARTS) is 1. The third-order valence-corrected chi connectivity index (χ3v) is 7.80. The van der Waals surface area contributed by atoms with Crippen LogP contribution in [-0.2, 0) is 9.59 Å². The highest BCUT2D eigenvalue weighted by atomic mass is 16.4. The van der Waals surface area contributed by atoms with Gasteiger partial charge in [-0.25, -0.2) is 4.79 Å². The molecule has 2 aromatic rings. The number of nitrogens with zero attached hydrogens (tertiary/aromatic N) is 4. The summed E-state index contributed by atoms with van der Waals surface area (Å²) in [5.41, 5.74) is 3.27. The lowest BCUT2D eigenvalue weighted by molar-refractivity contribution is -0.125. The smallest absolute Gasteiger partial charge is 0.337 e. The van der Waals surface area contributed by atoms with Crippen LogP contribution in [0.1, 0.15) is 89.4 Å². The number of benzene rings is 2. The quantitative estimate of drug-likeness (QED) is 0.201. The van der Waals surface area contributed by atoms with Gasteiger partial charge in [-0.05, 0) is 48.9 Å². The summed E-state index contributed by atoms with van der Waals surface area (Å²) in [6, 6.07) is 15.2. The van der Waals surface area contributed by atoms with Gasteiger partial charge in [0.05, 0.1) is 16.9 Å². The molecular formula is C33H45N5O4. The molecule has 0 radical (unpaired) electrons. The lowest BCUT2D eigenvalue weighted by Crippen LogP contribution is -2.45. The summed E-state index contributed by atoms with van der Waals surface area (Å²) in [5.74, 6) is -1.35. The van der Waals surface area contributed by atoms with Crippen molar-refractivity contribution in [1.29, 1.82) is 0 Å². The van der Waals surface area contributed by atoms with Gasteiger partial charge in [0.25, 0.3) is 5.91 Å². The van der Waals surface area contributed by atoms with E-state index in [1.165, 1.54) is 11.1 Å². The molecule has 2 N–H and O–H groups in total. The van der Waals surface area contributed by atoms with E-state index in [2.05, 4.69) is 43.3 Å². The van der Waals surface area contributed by atoms with Gasteiger partial charge in [0.2, 0.25) is 0 Å². The van der Waals surface area contributed by atoms with Crippen molar-refractivity contribution < 1.29 is 19.5 Å². The number of anilines is 2. The molecule has 3 rings (SSSR count). The van der Waals surface area contributed by atoms with Gasteiger partial charge in [-0.15, -0.1) is 0 Å². The van der Waals surface area contributed by atoms with Crippen LogP contribution in [0.5, 0.6) is 0 Å². The minimum Gasteiger partial charge on any atom is -0.478 e. The van der Waals surface area contributed by atoms with Gasteiger partial charge >= 0.3 is 11.9 Å². The summed E-state index contributed by atoms with van der Waals surface area (Å²) in [4.78, 5) is 41.6. The molecule has 42 heavy (non-hydrogen) atoms. The molecule has 1 heterocycles. The van der Waals surface area contributed by atoms with E-state index in [0.717, 1.165) is 51.4 Å². The molecule has 1 aliphatic rings. The molecule has 0 aromatic heterocycles. The van der Waals surface area contributed by atoms with Crippen molar-refractivity contribution >= 4 is 40.6 Å². The van der Waals surface area contributed by atoms with Crippen molar-refractivity contribution in [3.8, 4) is 0 Å². The van der Waals surface area contributed by atoms with Crippen LogP contribution in [0.25, 0.3) is 0 Å². The molecule has 9 nitrogen and oxygen atoms in total. The minimum absolute atomic E-state index is 0.00192. The predicted octanol–water partition coefficient (Wildman–Crippen LogP) is 6.82. The number of carbonyl (C=O) groups excluding carboxylic acids is 2. The highest BCUT2D eigenvalue weighted by Crippen LogP contribution is 2.24. The molecule has 1 aliphatic heterocycles. The molecule has 0 saturated heterocycles. The Morgan fingerprint density at radius 3 is 2.02 bits per heavy atom. The van der Waals surface area contributed by atoms with E-state index in [1.54, 1.807) is 42.5 Å². The van der Waals surface area contributed by atoms with Gasteiger partial charge in [-0.3, -0.25) is 15.0 Å². The predicted molar refractivity (Wildman–Crippen MR) is 169 cm³/mol. The lowest BCUT2D eigenvalue weighted by atomic mass is 9.95. The van der Waals surface area contributed by atoms with E-state index in [0.29, 0.717) is 30.6 Å². The Bertz CT molecular complexity index is 1240. The Hall–Kier alpha value is -4.01. The van der Waals surface area contributed by atoms with Crippen molar-refractivity contribution in [2.75, 3.05) is 23.5 Å². The van der Waals surface area contributed by atoms with E-state index in [-0.39, 0.29) is 28.6 Å². The van der Waals surface area contributed by atoms with Crippen LogP contribution in [0.15, 0.2) is 64.8 Å². The van der Waals surface area contributed by atoms with Gasteiger partial charge < -0.3 is 10.0 Å². The molecule has 2 atom stereocenters. The molecule has 2 aromatic carbocycles. The van der Waals surface area contributed by atoms with Crippen LogP contribution in [-0.4, -0.2) is 52.3 Å². The molecule has 2 unspecified atom stereocenters. The topological polar surface area (TPSA) is 115 Å². The SMILES string of the molecule is CCCCC(CC)CN(CC(CC)CCCC)C(=O)C1=NN(c2ccccc2)C(=O)/C1=N\Nc1ccccc1C(=O)O. The molecule has 226 valence electrons. The van der Waals surface area contributed by atoms with Crippen LogP contribution in [0.2, 0.25) is 0 Å². The molecule has 2 amide bonds.